The molecule has 4 rings (SSSR count). The monoisotopic (exact) mass is 419 g/mol. The van der Waals surface area contributed by atoms with Crippen LogP contribution in [0.2, 0.25) is 0 Å². The second kappa shape index (κ2) is 8.92. The van der Waals surface area contributed by atoms with E-state index in [0.717, 1.165) is 24.8 Å². The van der Waals surface area contributed by atoms with Gasteiger partial charge in [0.25, 0.3) is 5.56 Å². The summed E-state index contributed by atoms with van der Waals surface area (Å²) in [5, 5.41) is 8.73. The van der Waals surface area contributed by atoms with Crippen molar-refractivity contribution in [1.29, 1.82) is 0 Å². The zero-order chi connectivity index (χ0) is 19.7. The van der Waals surface area contributed by atoms with Crippen LogP contribution in [-0.2, 0) is 23.1 Å². The van der Waals surface area contributed by atoms with Crippen LogP contribution >= 0.6 is 12.4 Å². The largest absolute Gasteiger partial charge is 0.340 e. The second-order valence-corrected chi connectivity index (χ2v) is 7.50. The van der Waals surface area contributed by atoms with Crippen LogP contribution < -0.4 is 10.9 Å². The normalized spacial score (nSPS) is 19.9. The predicted molar refractivity (Wildman–Crippen MR) is 112 cm³/mol. The fourth-order valence-corrected chi connectivity index (χ4v) is 4.20. The highest BCUT2D eigenvalue weighted by atomic mass is 35.5. The lowest BCUT2D eigenvalue weighted by molar-refractivity contribution is -0.140. The van der Waals surface area contributed by atoms with Gasteiger partial charge in [-0.05, 0) is 18.9 Å². The number of benzene rings is 1. The number of piperidine rings is 1. The molecule has 1 unspecified atom stereocenters. The molecule has 2 amide bonds. The Labute approximate surface area is 175 Å². The van der Waals surface area contributed by atoms with Crippen molar-refractivity contribution >= 4 is 35.0 Å². The topological polar surface area (TPSA) is 87.5 Å². The number of rotatable bonds is 3. The Bertz CT molecular complexity index is 976. The molecule has 0 radical (unpaired) electrons. The third kappa shape index (κ3) is 4.28. The van der Waals surface area contributed by atoms with Crippen molar-refractivity contribution in [3.8, 4) is 0 Å². The molecule has 2 aromatic rings. The van der Waals surface area contributed by atoms with E-state index < -0.39 is 0 Å². The minimum Gasteiger partial charge on any atom is -0.340 e. The van der Waals surface area contributed by atoms with Crippen molar-refractivity contribution in [2.75, 3.05) is 32.7 Å². The number of nitrogens with zero attached hydrogens (tertiary/aromatic N) is 4. The number of carbonyl (C=O) groups is 2. The molecule has 1 aromatic heterocycles. The van der Waals surface area contributed by atoms with E-state index in [0.29, 0.717) is 37.3 Å². The minimum absolute atomic E-state index is 0. The van der Waals surface area contributed by atoms with Crippen molar-refractivity contribution in [3.63, 3.8) is 0 Å². The van der Waals surface area contributed by atoms with E-state index in [1.807, 2.05) is 28.0 Å². The smallest absolute Gasteiger partial charge is 0.274 e. The minimum atomic E-state index is -0.165. The highest BCUT2D eigenvalue weighted by Gasteiger charge is 2.31. The Kier molecular flexibility index (Phi) is 6.54. The molecule has 2 aliphatic heterocycles. The van der Waals surface area contributed by atoms with Gasteiger partial charge < -0.3 is 15.1 Å². The first-order chi connectivity index (χ1) is 13.5. The number of hydrogen-bond acceptors (Lipinski definition) is 5. The van der Waals surface area contributed by atoms with Crippen molar-refractivity contribution in [1.82, 2.24) is 24.9 Å². The number of amides is 2. The third-order valence-corrected chi connectivity index (χ3v) is 5.67. The van der Waals surface area contributed by atoms with E-state index in [9.17, 15) is 14.4 Å². The standard InChI is InChI=1S/C20H25N5O3.ClH/c1-23-20(28)16-7-3-2-6-15(16)17(22-23)11-18(26)24-9-4-5-14(13-24)25-10-8-21-12-19(25)27;/h2-3,6-7,14,21H,4-5,8-13H2,1H3;1H. The molecule has 2 aliphatic rings. The Balaban J connectivity index is 0.00000240. The van der Waals surface area contributed by atoms with Crippen molar-refractivity contribution in [2.24, 2.45) is 7.05 Å². The van der Waals surface area contributed by atoms with Gasteiger partial charge in [0.2, 0.25) is 11.8 Å². The second-order valence-electron chi connectivity index (χ2n) is 7.50. The van der Waals surface area contributed by atoms with Gasteiger partial charge in [0.1, 0.15) is 0 Å². The molecule has 8 nitrogen and oxygen atoms in total. The van der Waals surface area contributed by atoms with Crippen molar-refractivity contribution in [2.45, 2.75) is 25.3 Å². The van der Waals surface area contributed by atoms with Crippen LogP contribution in [0.1, 0.15) is 18.5 Å². The molecule has 0 saturated carbocycles. The van der Waals surface area contributed by atoms with Gasteiger partial charge in [-0.2, -0.15) is 5.10 Å². The zero-order valence-electron chi connectivity index (χ0n) is 16.5. The van der Waals surface area contributed by atoms with Crippen LogP contribution in [-0.4, -0.2) is 70.2 Å². The molecule has 1 atom stereocenters. The van der Waals surface area contributed by atoms with E-state index in [-0.39, 0.29) is 42.2 Å². The molecule has 0 spiro atoms. The molecular formula is C20H26ClN5O3. The third-order valence-electron chi connectivity index (χ3n) is 5.67. The van der Waals surface area contributed by atoms with Gasteiger partial charge >= 0.3 is 0 Å². The highest BCUT2D eigenvalue weighted by Crippen LogP contribution is 2.19. The number of carbonyl (C=O) groups excluding carboxylic acids is 2. The van der Waals surface area contributed by atoms with Gasteiger partial charge in [0.15, 0.2) is 0 Å². The first-order valence-electron chi connectivity index (χ1n) is 9.77. The summed E-state index contributed by atoms with van der Waals surface area (Å²) in [6, 6.07) is 7.35. The van der Waals surface area contributed by atoms with Crippen molar-refractivity contribution < 1.29 is 9.59 Å². The first-order valence-corrected chi connectivity index (χ1v) is 9.77. The average Bonchev–Trinajstić information content (AvgIpc) is 2.72. The van der Waals surface area contributed by atoms with E-state index in [1.54, 1.807) is 13.1 Å². The summed E-state index contributed by atoms with van der Waals surface area (Å²) in [5.74, 6) is 0.0971. The maximum atomic E-state index is 13.0. The molecular weight excluding hydrogens is 394 g/mol. The Morgan fingerprint density at radius 2 is 1.97 bits per heavy atom. The number of likely N-dealkylation sites (tertiary alicyclic amines) is 1. The summed E-state index contributed by atoms with van der Waals surface area (Å²) < 4.78 is 1.29. The molecule has 0 bridgehead atoms. The van der Waals surface area contributed by atoms with Gasteiger partial charge in [-0.3, -0.25) is 14.4 Å². The fourth-order valence-electron chi connectivity index (χ4n) is 4.20. The van der Waals surface area contributed by atoms with Gasteiger partial charge in [0, 0.05) is 44.7 Å². The number of piperazine rings is 1. The summed E-state index contributed by atoms with van der Waals surface area (Å²) in [6.07, 6.45) is 1.96. The van der Waals surface area contributed by atoms with Crippen LogP contribution in [0.4, 0.5) is 0 Å². The quantitative estimate of drug-likeness (QED) is 0.774. The highest BCUT2D eigenvalue weighted by molar-refractivity contribution is 5.88. The lowest BCUT2D eigenvalue weighted by atomic mass is 10.0. The molecule has 1 aromatic carbocycles. The summed E-state index contributed by atoms with van der Waals surface area (Å²) >= 11 is 0. The van der Waals surface area contributed by atoms with E-state index in [1.165, 1.54) is 4.68 Å². The van der Waals surface area contributed by atoms with E-state index >= 15 is 0 Å². The number of aromatic nitrogens is 2. The average molecular weight is 420 g/mol. The van der Waals surface area contributed by atoms with Crippen LogP contribution in [0.5, 0.6) is 0 Å². The zero-order valence-corrected chi connectivity index (χ0v) is 17.3. The molecule has 156 valence electrons. The molecule has 2 saturated heterocycles. The van der Waals surface area contributed by atoms with Gasteiger partial charge in [-0.15, -0.1) is 12.4 Å². The molecule has 0 aliphatic carbocycles. The molecule has 1 N–H and O–H groups in total. The summed E-state index contributed by atoms with van der Waals surface area (Å²) in [5.41, 5.74) is 0.449. The van der Waals surface area contributed by atoms with Gasteiger partial charge in [-0.1, -0.05) is 18.2 Å². The van der Waals surface area contributed by atoms with Crippen LogP contribution in [0, 0.1) is 0 Å². The van der Waals surface area contributed by atoms with E-state index in [4.69, 9.17) is 0 Å². The predicted octanol–water partition coefficient (Wildman–Crippen LogP) is 0.321. The Hall–Kier alpha value is -2.45. The lowest BCUT2D eigenvalue weighted by Crippen LogP contribution is -2.57. The molecule has 2 fully saturated rings. The number of hydrogen-bond donors (Lipinski definition) is 1. The van der Waals surface area contributed by atoms with Gasteiger partial charge in [-0.25, -0.2) is 4.68 Å². The number of nitrogens with one attached hydrogen (secondary N) is 1. The molecule has 3 heterocycles. The first kappa shape index (κ1) is 21.3. The van der Waals surface area contributed by atoms with Crippen molar-refractivity contribution in [3.05, 3.63) is 40.3 Å². The Morgan fingerprint density at radius 3 is 2.72 bits per heavy atom. The fraction of sp³-hybridized carbons (Fsp3) is 0.500. The van der Waals surface area contributed by atoms with Crippen LogP contribution in [0.15, 0.2) is 29.1 Å². The SMILES string of the molecule is Cl.Cn1nc(CC(=O)N2CCCC(N3CCNCC3=O)C2)c2ccccc2c1=O. The number of aryl methyl sites for hydroxylation is 1. The summed E-state index contributed by atoms with van der Waals surface area (Å²) in [4.78, 5) is 41.2. The molecule has 29 heavy (non-hydrogen) atoms. The van der Waals surface area contributed by atoms with Crippen LogP contribution in [0.3, 0.4) is 0 Å². The summed E-state index contributed by atoms with van der Waals surface area (Å²) in [7, 11) is 1.61. The van der Waals surface area contributed by atoms with Crippen LogP contribution in [0.25, 0.3) is 10.8 Å². The maximum Gasteiger partial charge on any atom is 0.274 e. The summed E-state index contributed by atoms with van der Waals surface area (Å²) in [6.45, 7) is 3.12. The number of fused-ring (bicyclic) bond motifs is 1. The van der Waals surface area contributed by atoms with Gasteiger partial charge in [0.05, 0.1) is 24.0 Å². The number of halogens is 1. The maximum absolute atomic E-state index is 13.0. The molecule has 9 heteroatoms. The lowest BCUT2D eigenvalue weighted by Gasteiger charge is -2.41. The van der Waals surface area contributed by atoms with E-state index in [2.05, 4.69) is 10.4 Å². The Morgan fingerprint density at radius 1 is 1.21 bits per heavy atom.